The second kappa shape index (κ2) is 6.76. The van der Waals surface area contributed by atoms with E-state index in [9.17, 15) is 4.79 Å². The molecule has 0 bridgehead atoms. The van der Waals surface area contributed by atoms with Crippen molar-refractivity contribution in [2.24, 2.45) is 7.05 Å². The molecule has 6 heteroatoms. The minimum absolute atomic E-state index is 0.0616. The van der Waals surface area contributed by atoms with Crippen LogP contribution in [0.5, 0.6) is 0 Å². The number of hydrogen-bond donors (Lipinski definition) is 1. The summed E-state index contributed by atoms with van der Waals surface area (Å²) in [4.78, 5) is 12.4. The molecule has 4 rings (SSSR count). The van der Waals surface area contributed by atoms with Crippen LogP contribution < -0.4 is 5.32 Å². The molecule has 0 saturated carbocycles. The van der Waals surface area contributed by atoms with Gasteiger partial charge in [-0.05, 0) is 38.9 Å². The maximum Gasteiger partial charge on any atom is 0.228 e. The SMILES string of the molecule is Cn1nnnc1-c1cccc(NC(=O)Cc2ccc3ccccc3c2)c1. The van der Waals surface area contributed by atoms with E-state index in [1.807, 2.05) is 48.5 Å². The summed E-state index contributed by atoms with van der Waals surface area (Å²) < 4.78 is 1.59. The highest BCUT2D eigenvalue weighted by atomic mass is 16.1. The predicted octanol–water partition coefficient (Wildman–Crippen LogP) is 3.21. The largest absolute Gasteiger partial charge is 0.326 e. The van der Waals surface area contributed by atoms with Crippen LogP contribution in [0.15, 0.2) is 66.7 Å². The van der Waals surface area contributed by atoms with Crippen molar-refractivity contribution in [1.29, 1.82) is 0 Å². The number of benzene rings is 3. The Hall–Kier alpha value is -3.54. The fourth-order valence-electron chi connectivity index (χ4n) is 2.95. The topological polar surface area (TPSA) is 72.7 Å². The molecule has 0 radical (unpaired) electrons. The zero-order chi connectivity index (χ0) is 17.9. The molecule has 128 valence electrons. The molecule has 0 aliphatic heterocycles. The standard InChI is InChI=1S/C20H17N5O/c1-25-20(22-23-24-25)17-7-4-8-18(13-17)21-19(26)12-14-9-10-15-5-2-3-6-16(15)11-14/h2-11,13H,12H2,1H3,(H,21,26). The van der Waals surface area contributed by atoms with Gasteiger partial charge in [-0.2, -0.15) is 0 Å². The number of amides is 1. The van der Waals surface area contributed by atoms with E-state index < -0.39 is 0 Å². The summed E-state index contributed by atoms with van der Waals surface area (Å²) in [5, 5.41) is 16.7. The van der Waals surface area contributed by atoms with E-state index in [0.717, 1.165) is 22.2 Å². The number of aryl methyl sites for hydroxylation is 1. The molecule has 3 aromatic carbocycles. The van der Waals surface area contributed by atoms with Gasteiger partial charge in [-0.1, -0.05) is 54.6 Å². The third-order valence-corrected chi connectivity index (χ3v) is 4.20. The molecule has 1 aromatic heterocycles. The summed E-state index contributed by atoms with van der Waals surface area (Å²) in [6.07, 6.45) is 0.320. The average molecular weight is 343 g/mol. The van der Waals surface area contributed by atoms with E-state index >= 15 is 0 Å². The van der Waals surface area contributed by atoms with Gasteiger partial charge in [0, 0.05) is 18.3 Å². The highest BCUT2D eigenvalue weighted by Crippen LogP contribution is 2.20. The van der Waals surface area contributed by atoms with Crippen LogP contribution in [0.2, 0.25) is 0 Å². The molecular formula is C20H17N5O. The van der Waals surface area contributed by atoms with Crippen molar-refractivity contribution >= 4 is 22.4 Å². The van der Waals surface area contributed by atoms with Crippen molar-refractivity contribution in [3.05, 3.63) is 72.3 Å². The number of carbonyl (C=O) groups is 1. The van der Waals surface area contributed by atoms with Crippen LogP contribution in [0, 0.1) is 0 Å². The fourth-order valence-corrected chi connectivity index (χ4v) is 2.95. The summed E-state index contributed by atoms with van der Waals surface area (Å²) in [5.41, 5.74) is 2.55. The summed E-state index contributed by atoms with van der Waals surface area (Å²) >= 11 is 0. The third-order valence-electron chi connectivity index (χ3n) is 4.20. The maximum atomic E-state index is 12.4. The lowest BCUT2D eigenvalue weighted by molar-refractivity contribution is -0.115. The number of tetrazole rings is 1. The summed E-state index contributed by atoms with van der Waals surface area (Å²) in [6, 6.07) is 21.7. The number of anilines is 1. The quantitative estimate of drug-likeness (QED) is 0.617. The third kappa shape index (κ3) is 3.30. The molecule has 0 aliphatic carbocycles. The number of rotatable bonds is 4. The number of nitrogens with zero attached hydrogens (tertiary/aromatic N) is 4. The van der Waals surface area contributed by atoms with Crippen LogP contribution in [0.25, 0.3) is 22.2 Å². The minimum Gasteiger partial charge on any atom is -0.326 e. The van der Waals surface area contributed by atoms with Crippen molar-refractivity contribution in [1.82, 2.24) is 20.2 Å². The average Bonchev–Trinajstić information content (AvgIpc) is 3.08. The van der Waals surface area contributed by atoms with Crippen LogP contribution in [0.4, 0.5) is 5.69 Å². The van der Waals surface area contributed by atoms with Gasteiger partial charge in [0.2, 0.25) is 5.91 Å². The van der Waals surface area contributed by atoms with Gasteiger partial charge in [0.15, 0.2) is 5.82 Å². The van der Waals surface area contributed by atoms with Crippen LogP contribution >= 0.6 is 0 Å². The number of carbonyl (C=O) groups excluding carboxylic acids is 1. The molecule has 0 atom stereocenters. The van der Waals surface area contributed by atoms with E-state index in [0.29, 0.717) is 12.2 Å². The van der Waals surface area contributed by atoms with Crippen LogP contribution in [0.3, 0.4) is 0 Å². The van der Waals surface area contributed by atoms with Crippen LogP contribution in [0.1, 0.15) is 5.56 Å². The van der Waals surface area contributed by atoms with Gasteiger partial charge < -0.3 is 5.32 Å². The van der Waals surface area contributed by atoms with E-state index in [1.165, 1.54) is 5.39 Å². The summed E-state index contributed by atoms with van der Waals surface area (Å²) in [7, 11) is 1.78. The smallest absolute Gasteiger partial charge is 0.228 e. The molecule has 1 amide bonds. The Labute approximate surface area is 150 Å². The number of hydrogen-bond acceptors (Lipinski definition) is 4. The van der Waals surface area contributed by atoms with Gasteiger partial charge in [-0.3, -0.25) is 4.79 Å². The molecule has 1 heterocycles. The Bertz CT molecular complexity index is 1090. The van der Waals surface area contributed by atoms with Crippen LogP contribution in [-0.4, -0.2) is 26.1 Å². The molecule has 0 aliphatic rings. The minimum atomic E-state index is -0.0616. The number of aromatic nitrogens is 4. The van der Waals surface area contributed by atoms with E-state index in [2.05, 4.69) is 39.0 Å². The van der Waals surface area contributed by atoms with Crippen molar-refractivity contribution < 1.29 is 4.79 Å². The normalized spacial score (nSPS) is 10.8. The highest BCUT2D eigenvalue weighted by Gasteiger charge is 2.09. The molecule has 1 N–H and O–H groups in total. The second-order valence-corrected chi connectivity index (χ2v) is 6.11. The van der Waals surface area contributed by atoms with Gasteiger partial charge in [-0.15, -0.1) is 5.10 Å². The molecule has 4 aromatic rings. The molecule has 0 saturated heterocycles. The molecule has 0 spiro atoms. The van der Waals surface area contributed by atoms with Crippen molar-refractivity contribution in [3.63, 3.8) is 0 Å². The molecule has 0 fully saturated rings. The molecule has 6 nitrogen and oxygen atoms in total. The first-order valence-corrected chi connectivity index (χ1v) is 8.29. The monoisotopic (exact) mass is 343 g/mol. The Kier molecular flexibility index (Phi) is 4.15. The predicted molar refractivity (Wildman–Crippen MR) is 101 cm³/mol. The van der Waals surface area contributed by atoms with Crippen molar-refractivity contribution in [2.75, 3.05) is 5.32 Å². The Morgan fingerprint density at radius 3 is 2.65 bits per heavy atom. The highest BCUT2D eigenvalue weighted by molar-refractivity contribution is 5.93. The Morgan fingerprint density at radius 1 is 1.00 bits per heavy atom. The first-order chi connectivity index (χ1) is 12.7. The van der Waals surface area contributed by atoms with Gasteiger partial charge in [0.1, 0.15) is 0 Å². The second-order valence-electron chi connectivity index (χ2n) is 6.11. The van der Waals surface area contributed by atoms with Crippen molar-refractivity contribution in [2.45, 2.75) is 6.42 Å². The summed E-state index contributed by atoms with van der Waals surface area (Å²) in [6.45, 7) is 0. The number of fused-ring (bicyclic) bond motifs is 1. The van der Waals surface area contributed by atoms with E-state index in [4.69, 9.17) is 0 Å². The Balaban J connectivity index is 1.50. The van der Waals surface area contributed by atoms with Gasteiger partial charge >= 0.3 is 0 Å². The molecular weight excluding hydrogens is 326 g/mol. The number of nitrogens with one attached hydrogen (secondary N) is 1. The lowest BCUT2D eigenvalue weighted by Gasteiger charge is -2.08. The zero-order valence-corrected chi connectivity index (χ0v) is 14.3. The first kappa shape index (κ1) is 16.0. The molecule has 0 unspecified atom stereocenters. The van der Waals surface area contributed by atoms with Gasteiger partial charge in [-0.25, -0.2) is 4.68 Å². The van der Waals surface area contributed by atoms with Crippen LogP contribution in [-0.2, 0) is 18.3 Å². The lowest BCUT2D eigenvalue weighted by Crippen LogP contribution is -2.14. The fraction of sp³-hybridized carbons (Fsp3) is 0.100. The maximum absolute atomic E-state index is 12.4. The lowest BCUT2D eigenvalue weighted by atomic mass is 10.0. The summed E-state index contributed by atoms with van der Waals surface area (Å²) in [5.74, 6) is 0.587. The first-order valence-electron chi connectivity index (χ1n) is 8.29. The Morgan fingerprint density at radius 2 is 1.85 bits per heavy atom. The van der Waals surface area contributed by atoms with Gasteiger partial charge in [0.05, 0.1) is 6.42 Å². The van der Waals surface area contributed by atoms with Crippen molar-refractivity contribution in [3.8, 4) is 11.4 Å². The van der Waals surface area contributed by atoms with Gasteiger partial charge in [0.25, 0.3) is 0 Å². The zero-order valence-electron chi connectivity index (χ0n) is 14.3. The van der Waals surface area contributed by atoms with E-state index in [1.54, 1.807) is 11.7 Å². The van der Waals surface area contributed by atoms with E-state index in [-0.39, 0.29) is 5.91 Å². The molecule has 26 heavy (non-hydrogen) atoms.